The summed E-state index contributed by atoms with van der Waals surface area (Å²) in [5, 5.41) is 0. The highest BCUT2D eigenvalue weighted by Crippen LogP contribution is 1.93. The molecule has 0 saturated heterocycles. The zero-order chi connectivity index (χ0) is 6.41. The van der Waals surface area contributed by atoms with Crippen molar-refractivity contribution in [1.29, 1.82) is 0 Å². The third kappa shape index (κ3) is 5.89. The number of carbonyl (C=O) groups excluding carboxylic acids is 1. The summed E-state index contributed by atoms with van der Waals surface area (Å²) < 4.78 is 0. The molecule has 1 nitrogen and oxygen atoms in total. The van der Waals surface area contributed by atoms with Gasteiger partial charge in [0.15, 0.2) is 0 Å². The van der Waals surface area contributed by atoms with E-state index in [9.17, 15) is 4.79 Å². The van der Waals surface area contributed by atoms with Crippen LogP contribution in [0.5, 0.6) is 0 Å². The van der Waals surface area contributed by atoms with Crippen LogP contribution in [-0.4, -0.2) is 5.78 Å². The second kappa shape index (κ2) is 5.04. The first-order chi connectivity index (χ1) is 3.77. The smallest absolute Gasteiger partial charge is 0.130 e. The van der Waals surface area contributed by atoms with Crippen LogP contribution >= 0.6 is 15.9 Å². The number of Topliss-reactive ketones (excluding diaryl/α,β-unsaturated/α-hetero) is 1. The van der Waals surface area contributed by atoms with Crippen LogP contribution in [0.15, 0.2) is 11.1 Å². The van der Waals surface area contributed by atoms with E-state index in [1.165, 1.54) is 0 Å². The van der Waals surface area contributed by atoms with E-state index < -0.39 is 0 Å². The lowest BCUT2D eigenvalue weighted by Crippen LogP contribution is -1.85. The van der Waals surface area contributed by atoms with E-state index in [2.05, 4.69) is 15.9 Å². The number of carbonyl (C=O) groups is 1. The number of halogens is 1. The van der Waals surface area contributed by atoms with Gasteiger partial charge in [-0.25, -0.2) is 0 Å². The second-order valence-electron chi connectivity index (χ2n) is 1.60. The van der Waals surface area contributed by atoms with Gasteiger partial charge < -0.3 is 4.79 Å². The van der Waals surface area contributed by atoms with E-state index in [-0.39, 0.29) is 5.78 Å². The van der Waals surface area contributed by atoms with Crippen LogP contribution in [0, 0.1) is 0 Å². The van der Waals surface area contributed by atoms with Crippen molar-refractivity contribution >= 4 is 21.7 Å². The molecule has 0 aliphatic rings. The molecule has 2 heteroatoms. The Morgan fingerprint density at radius 1 is 1.75 bits per heavy atom. The average Bonchev–Trinajstić information content (AvgIpc) is 1.66. The number of hydrogen-bond donors (Lipinski definition) is 0. The normalized spacial score (nSPS) is 10.2. The molecule has 0 aromatic heterocycles. The molecule has 46 valence electrons. The second-order valence-corrected chi connectivity index (χ2v) is 2.13. The van der Waals surface area contributed by atoms with Crippen LogP contribution in [0.1, 0.15) is 19.8 Å². The van der Waals surface area contributed by atoms with Gasteiger partial charge in [-0.15, -0.1) is 0 Å². The van der Waals surface area contributed by atoms with Crippen molar-refractivity contribution in [3.63, 3.8) is 0 Å². The molecular formula is C6H9BrO. The molecule has 0 aliphatic heterocycles. The largest absolute Gasteiger partial charge is 0.300 e. The molecule has 0 amide bonds. The van der Waals surface area contributed by atoms with Crippen molar-refractivity contribution < 1.29 is 4.79 Å². The molecule has 0 aromatic rings. The Kier molecular flexibility index (Phi) is 4.97. The molecule has 0 aliphatic carbocycles. The maximum absolute atomic E-state index is 10.3. The quantitative estimate of drug-likeness (QED) is 0.646. The molecule has 0 unspecified atom stereocenters. The van der Waals surface area contributed by atoms with Gasteiger partial charge in [0.2, 0.25) is 0 Å². The summed E-state index contributed by atoms with van der Waals surface area (Å²) in [5.41, 5.74) is 0. The first-order valence-corrected chi connectivity index (χ1v) is 3.43. The Labute approximate surface area is 57.9 Å². The van der Waals surface area contributed by atoms with Crippen LogP contribution in [-0.2, 0) is 4.79 Å². The van der Waals surface area contributed by atoms with E-state index >= 15 is 0 Å². The molecule has 0 spiro atoms. The monoisotopic (exact) mass is 176 g/mol. The maximum Gasteiger partial charge on any atom is 0.130 e. The summed E-state index contributed by atoms with van der Waals surface area (Å²) in [7, 11) is 0. The number of rotatable bonds is 3. The average molecular weight is 177 g/mol. The van der Waals surface area contributed by atoms with Crippen molar-refractivity contribution in [1.82, 2.24) is 0 Å². The van der Waals surface area contributed by atoms with Gasteiger partial charge in [-0.05, 0) is 18.3 Å². The van der Waals surface area contributed by atoms with Gasteiger partial charge in [-0.3, -0.25) is 0 Å². The maximum atomic E-state index is 10.3. The Morgan fingerprint density at radius 3 is 2.75 bits per heavy atom. The van der Waals surface area contributed by atoms with E-state index in [1.54, 1.807) is 11.9 Å². The molecule has 8 heavy (non-hydrogen) atoms. The van der Waals surface area contributed by atoms with Gasteiger partial charge in [0.25, 0.3) is 0 Å². The van der Waals surface area contributed by atoms with Crippen LogP contribution < -0.4 is 0 Å². The molecule has 0 N–H and O–H groups in total. The minimum atomic E-state index is 0.246. The van der Waals surface area contributed by atoms with Crippen molar-refractivity contribution in [2.75, 3.05) is 0 Å². The van der Waals surface area contributed by atoms with Gasteiger partial charge in [0, 0.05) is 6.42 Å². The first-order valence-electron chi connectivity index (χ1n) is 2.52. The molecule has 0 atom stereocenters. The molecule has 0 rings (SSSR count). The summed E-state index contributed by atoms with van der Waals surface area (Å²) in [6, 6.07) is 0. The predicted molar refractivity (Wildman–Crippen MR) is 38.0 cm³/mol. The first kappa shape index (κ1) is 7.89. The van der Waals surface area contributed by atoms with Gasteiger partial charge in [0.05, 0.1) is 0 Å². The molecular weight excluding hydrogens is 168 g/mol. The number of hydrogen-bond acceptors (Lipinski definition) is 1. The summed E-state index contributed by atoms with van der Waals surface area (Å²) in [4.78, 5) is 12.0. The fraction of sp³-hybridized carbons (Fsp3) is 0.500. The summed E-state index contributed by atoms with van der Waals surface area (Å²) in [5.74, 6) is 0.246. The molecule has 0 radical (unpaired) electrons. The van der Waals surface area contributed by atoms with E-state index in [1.807, 2.05) is 6.08 Å². The topological polar surface area (TPSA) is 17.1 Å². The van der Waals surface area contributed by atoms with Gasteiger partial charge in [0.1, 0.15) is 5.78 Å². The van der Waals surface area contributed by atoms with Gasteiger partial charge >= 0.3 is 0 Å². The van der Waals surface area contributed by atoms with E-state index in [0.29, 0.717) is 6.42 Å². The SMILES string of the molecule is CC(=O)CCC=CBr. The van der Waals surface area contributed by atoms with Crippen LogP contribution in [0.2, 0.25) is 0 Å². The van der Waals surface area contributed by atoms with Crippen molar-refractivity contribution in [3.8, 4) is 0 Å². The minimum absolute atomic E-state index is 0.246. The lowest BCUT2D eigenvalue weighted by Gasteiger charge is -1.84. The minimum Gasteiger partial charge on any atom is -0.300 e. The lowest BCUT2D eigenvalue weighted by molar-refractivity contribution is -0.116. The zero-order valence-electron chi connectivity index (χ0n) is 4.86. The van der Waals surface area contributed by atoms with E-state index in [4.69, 9.17) is 0 Å². The van der Waals surface area contributed by atoms with Crippen molar-refractivity contribution in [3.05, 3.63) is 11.1 Å². The molecule has 0 bridgehead atoms. The van der Waals surface area contributed by atoms with E-state index in [0.717, 1.165) is 6.42 Å². The Hall–Kier alpha value is -0.110. The van der Waals surface area contributed by atoms with Crippen LogP contribution in [0.25, 0.3) is 0 Å². The number of allylic oxidation sites excluding steroid dienone is 1. The van der Waals surface area contributed by atoms with Gasteiger partial charge in [-0.2, -0.15) is 0 Å². The fourth-order valence-corrected chi connectivity index (χ4v) is 0.614. The Morgan fingerprint density at radius 2 is 2.38 bits per heavy atom. The highest BCUT2D eigenvalue weighted by molar-refractivity contribution is 9.11. The summed E-state index contributed by atoms with van der Waals surface area (Å²) >= 11 is 3.11. The lowest BCUT2D eigenvalue weighted by atomic mass is 10.2. The van der Waals surface area contributed by atoms with Crippen LogP contribution in [0.4, 0.5) is 0 Å². The highest BCUT2D eigenvalue weighted by Gasteiger charge is 1.86. The molecule has 0 fully saturated rings. The standard InChI is InChI=1S/C6H9BrO/c1-6(8)4-2-3-5-7/h3,5H,2,4H2,1H3. The summed E-state index contributed by atoms with van der Waals surface area (Å²) in [6.45, 7) is 1.60. The third-order valence-electron chi connectivity index (χ3n) is 0.752. The van der Waals surface area contributed by atoms with Crippen molar-refractivity contribution in [2.45, 2.75) is 19.8 Å². The Balaban J connectivity index is 3.05. The summed E-state index contributed by atoms with van der Waals surface area (Å²) in [6.07, 6.45) is 3.42. The zero-order valence-corrected chi connectivity index (χ0v) is 6.44. The third-order valence-corrected chi connectivity index (χ3v) is 1.13. The fourth-order valence-electron chi connectivity index (χ4n) is 0.350. The van der Waals surface area contributed by atoms with Crippen LogP contribution in [0.3, 0.4) is 0 Å². The number of ketones is 1. The highest BCUT2D eigenvalue weighted by atomic mass is 79.9. The molecule has 0 aromatic carbocycles. The van der Waals surface area contributed by atoms with Gasteiger partial charge in [-0.1, -0.05) is 22.0 Å². The Bertz CT molecular complexity index is 96.7. The molecule has 0 heterocycles. The molecule has 0 saturated carbocycles. The predicted octanol–water partition coefficient (Wildman–Crippen LogP) is 2.26. The van der Waals surface area contributed by atoms with Crippen molar-refractivity contribution in [2.24, 2.45) is 0 Å².